The number of aryl methyl sites for hydroxylation is 1. The first-order valence-corrected chi connectivity index (χ1v) is 9.03. The second-order valence-electron chi connectivity index (χ2n) is 5.88. The van der Waals surface area contributed by atoms with E-state index in [2.05, 4.69) is 17.1 Å². The molecule has 1 unspecified atom stereocenters. The highest BCUT2D eigenvalue weighted by molar-refractivity contribution is 7.12. The number of nitrogens with two attached hydrogens (primary N) is 1. The Morgan fingerprint density at radius 2 is 2.04 bits per heavy atom. The SMILES string of the molecule is CCCCCC(N)(O)COc1ccccc1C=Cc1nnc(C)s1. The minimum atomic E-state index is -1.30. The normalized spacial score (nSPS) is 14.0. The zero-order valence-electron chi connectivity index (χ0n) is 14.2. The van der Waals surface area contributed by atoms with Crippen LogP contribution in [0.5, 0.6) is 5.75 Å². The van der Waals surface area contributed by atoms with Gasteiger partial charge in [-0.1, -0.05) is 49.3 Å². The molecular weight excluding hydrogens is 322 g/mol. The zero-order chi connectivity index (χ0) is 17.4. The average molecular weight is 347 g/mol. The van der Waals surface area contributed by atoms with Crippen LogP contribution >= 0.6 is 11.3 Å². The molecule has 1 atom stereocenters. The van der Waals surface area contributed by atoms with E-state index in [-0.39, 0.29) is 6.61 Å². The van der Waals surface area contributed by atoms with Gasteiger partial charge in [-0.05, 0) is 38.0 Å². The van der Waals surface area contributed by atoms with Crippen LogP contribution in [-0.2, 0) is 0 Å². The van der Waals surface area contributed by atoms with E-state index in [1.165, 1.54) is 11.3 Å². The molecule has 1 aromatic carbocycles. The highest BCUT2D eigenvalue weighted by Gasteiger charge is 2.21. The fourth-order valence-electron chi connectivity index (χ4n) is 2.25. The third kappa shape index (κ3) is 6.03. The predicted octanol–water partition coefficient (Wildman–Crippen LogP) is 3.62. The van der Waals surface area contributed by atoms with Crippen molar-refractivity contribution in [3.05, 3.63) is 39.8 Å². The van der Waals surface area contributed by atoms with Crippen LogP contribution in [0.25, 0.3) is 12.2 Å². The van der Waals surface area contributed by atoms with E-state index < -0.39 is 5.72 Å². The van der Waals surface area contributed by atoms with Crippen molar-refractivity contribution in [3.8, 4) is 5.75 Å². The Hall–Kier alpha value is -1.76. The molecule has 6 heteroatoms. The van der Waals surface area contributed by atoms with Crippen LogP contribution in [0.2, 0.25) is 0 Å². The highest BCUT2D eigenvalue weighted by Crippen LogP contribution is 2.23. The summed E-state index contributed by atoms with van der Waals surface area (Å²) < 4.78 is 5.77. The predicted molar refractivity (Wildman–Crippen MR) is 98.8 cm³/mol. The standard InChI is InChI=1S/C18H25N3O2S/c1-3-4-7-12-18(19,22)13-23-16-9-6-5-8-15(16)10-11-17-21-20-14(2)24-17/h5-6,8-11,22H,3-4,7,12-13,19H2,1-2H3. The maximum absolute atomic E-state index is 10.2. The van der Waals surface area contributed by atoms with E-state index in [4.69, 9.17) is 10.5 Å². The lowest BCUT2D eigenvalue weighted by atomic mass is 10.1. The van der Waals surface area contributed by atoms with Gasteiger partial charge in [-0.2, -0.15) is 0 Å². The van der Waals surface area contributed by atoms with E-state index >= 15 is 0 Å². The third-order valence-electron chi connectivity index (χ3n) is 3.56. The lowest BCUT2D eigenvalue weighted by Crippen LogP contribution is -2.45. The number of aromatic nitrogens is 2. The molecule has 5 nitrogen and oxygen atoms in total. The number of hydrogen-bond acceptors (Lipinski definition) is 6. The van der Waals surface area contributed by atoms with Crippen LogP contribution in [-0.4, -0.2) is 27.6 Å². The van der Waals surface area contributed by atoms with Gasteiger partial charge in [-0.3, -0.25) is 0 Å². The number of benzene rings is 1. The molecule has 3 N–H and O–H groups in total. The van der Waals surface area contributed by atoms with E-state index in [1.54, 1.807) is 0 Å². The van der Waals surface area contributed by atoms with E-state index in [0.717, 1.165) is 34.8 Å². The van der Waals surface area contributed by atoms with Gasteiger partial charge in [0.2, 0.25) is 0 Å². The molecule has 2 rings (SSSR count). The van der Waals surface area contributed by atoms with Crippen molar-refractivity contribution in [2.75, 3.05) is 6.61 Å². The average Bonchev–Trinajstić information content (AvgIpc) is 2.97. The first kappa shape index (κ1) is 18.6. The Morgan fingerprint density at radius 1 is 1.25 bits per heavy atom. The Bertz CT molecular complexity index is 668. The quantitative estimate of drug-likeness (QED) is 0.535. The highest BCUT2D eigenvalue weighted by atomic mass is 32.1. The third-order valence-corrected chi connectivity index (χ3v) is 4.36. The minimum Gasteiger partial charge on any atom is -0.489 e. The fraction of sp³-hybridized carbons (Fsp3) is 0.444. The summed E-state index contributed by atoms with van der Waals surface area (Å²) in [5.41, 5.74) is 5.53. The van der Waals surface area contributed by atoms with Crippen molar-refractivity contribution in [1.82, 2.24) is 10.2 Å². The van der Waals surface area contributed by atoms with Crippen LogP contribution in [0.3, 0.4) is 0 Å². The summed E-state index contributed by atoms with van der Waals surface area (Å²) in [5.74, 6) is 0.689. The second-order valence-corrected chi connectivity index (χ2v) is 7.09. The molecule has 0 saturated heterocycles. The number of nitrogens with zero attached hydrogens (tertiary/aromatic N) is 2. The van der Waals surface area contributed by atoms with Crippen molar-refractivity contribution in [1.29, 1.82) is 0 Å². The lowest BCUT2D eigenvalue weighted by molar-refractivity contribution is -0.00863. The van der Waals surface area contributed by atoms with Crippen molar-refractivity contribution in [2.45, 2.75) is 45.3 Å². The Balaban J connectivity index is 1.99. The summed E-state index contributed by atoms with van der Waals surface area (Å²) in [4.78, 5) is 0. The Kier molecular flexibility index (Phi) is 6.90. The smallest absolute Gasteiger partial charge is 0.147 e. The fourth-order valence-corrected chi connectivity index (χ4v) is 2.85. The van der Waals surface area contributed by atoms with Gasteiger partial charge in [0.05, 0.1) is 0 Å². The van der Waals surface area contributed by atoms with Gasteiger partial charge >= 0.3 is 0 Å². The van der Waals surface area contributed by atoms with E-state index in [1.807, 2.05) is 43.3 Å². The van der Waals surface area contributed by atoms with E-state index in [9.17, 15) is 5.11 Å². The van der Waals surface area contributed by atoms with Crippen LogP contribution in [0.1, 0.15) is 48.2 Å². The van der Waals surface area contributed by atoms with Crippen molar-refractivity contribution in [2.24, 2.45) is 5.73 Å². The summed E-state index contributed by atoms with van der Waals surface area (Å²) in [7, 11) is 0. The van der Waals surface area contributed by atoms with Crippen molar-refractivity contribution in [3.63, 3.8) is 0 Å². The molecule has 24 heavy (non-hydrogen) atoms. The molecule has 0 fully saturated rings. The largest absolute Gasteiger partial charge is 0.489 e. The van der Waals surface area contributed by atoms with Crippen LogP contribution < -0.4 is 10.5 Å². The van der Waals surface area contributed by atoms with Crippen LogP contribution in [0, 0.1) is 6.92 Å². The van der Waals surface area contributed by atoms with Gasteiger partial charge in [0, 0.05) is 5.56 Å². The van der Waals surface area contributed by atoms with Crippen molar-refractivity contribution >= 4 is 23.5 Å². The molecule has 0 saturated carbocycles. The van der Waals surface area contributed by atoms with Gasteiger partial charge in [-0.25, -0.2) is 0 Å². The van der Waals surface area contributed by atoms with Gasteiger partial charge in [0.1, 0.15) is 28.1 Å². The first-order valence-electron chi connectivity index (χ1n) is 8.21. The van der Waals surface area contributed by atoms with Crippen molar-refractivity contribution < 1.29 is 9.84 Å². The molecule has 0 aliphatic heterocycles. The Morgan fingerprint density at radius 3 is 2.75 bits per heavy atom. The number of unbranched alkanes of at least 4 members (excludes halogenated alkanes) is 2. The monoisotopic (exact) mass is 347 g/mol. The summed E-state index contributed by atoms with van der Waals surface area (Å²) in [6.45, 7) is 4.11. The molecule has 1 heterocycles. The maximum atomic E-state index is 10.2. The molecule has 2 aromatic rings. The molecule has 0 amide bonds. The summed E-state index contributed by atoms with van der Waals surface area (Å²) in [6, 6.07) is 7.65. The number of hydrogen-bond donors (Lipinski definition) is 2. The molecular formula is C18H25N3O2S. The summed E-state index contributed by atoms with van der Waals surface area (Å²) in [5, 5.41) is 20.1. The molecule has 130 valence electrons. The van der Waals surface area contributed by atoms with E-state index in [0.29, 0.717) is 12.2 Å². The topological polar surface area (TPSA) is 81.3 Å². The molecule has 0 aliphatic rings. The first-order chi connectivity index (χ1) is 11.5. The van der Waals surface area contributed by atoms with Crippen LogP contribution in [0.4, 0.5) is 0 Å². The van der Waals surface area contributed by atoms with Gasteiger partial charge in [-0.15, -0.1) is 10.2 Å². The van der Waals surface area contributed by atoms with Crippen LogP contribution in [0.15, 0.2) is 24.3 Å². The summed E-state index contributed by atoms with van der Waals surface area (Å²) in [6.07, 6.45) is 7.41. The zero-order valence-corrected chi connectivity index (χ0v) is 15.1. The molecule has 0 radical (unpaired) electrons. The van der Waals surface area contributed by atoms with Gasteiger partial charge in [0.25, 0.3) is 0 Å². The number of aliphatic hydroxyl groups is 1. The maximum Gasteiger partial charge on any atom is 0.147 e. The molecule has 0 spiro atoms. The van der Waals surface area contributed by atoms with Gasteiger partial charge < -0.3 is 15.6 Å². The molecule has 0 aliphatic carbocycles. The number of ether oxygens (including phenoxy) is 1. The second kappa shape index (κ2) is 8.92. The minimum absolute atomic E-state index is 0.0689. The van der Waals surface area contributed by atoms with Gasteiger partial charge in [0.15, 0.2) is 0 Å². The molecule has 1 aromatic heterocycles. The number of rotatable bonds is 9. The summed E-state index contributed by atoms with van der Waals surface area (Å²) >= 11 is 1.53. The lowest BCUT2D eigenvalue weighted by Gasteiger charge is -2.23. The molecule has 0 bridgehead atoms. The Labute approximate surface area is 147 Å². The number of para-hydroxylation sites is 1.